The van der Waals surface area contributed by atoms with Crippen molar-refractivity contribution in [2.45, 2.75) is 83.4 Å². The molecule has 2 rings (SSSR count). The molecule has 1 saturated carbocycles. The van der Waals surface area contributed by atoms with E-state index >= 15 is 0 Å². The van der Waals surface area contributed by atoms with Crippen LogP contribution in [0, 0.1) is 5.92 Å². The number of carbonyl (C=O) groups excluding carboxylic acids is 1. The van der Waals surface area contributed by atoms with E-state index in [9.17, 15) is 4.79 Å². The van der Waals surface area contributed by atoms with E-state index in [2.05, 4.69) is 19.2 Å². The summed E-state index contributed by atoms with van der Waals surface area (Å²) >= 11 is 0. The second-order valence-electron chi connectivity index (χ2n) is 6.89. The van der Waals surface area contributed by atoms with Crippen molar-refractivity contribution in [2.75, 3.05) is 13.2 Å². The Kier molecular flexibility index (Phi) is 6.06. The van der Waals surface area contributed by atoms with Crippen molar-refractivity contribution in [3.8, 4) is 0 Å². The van der Waals surface area contributed by atoms with Crippen LogP contribution in [-0.2, 0) is 14.3 Å². The molecule has 1 saturated heterocycles. The summed E-state index contributed by atoms with van der Waals surface area (Å²) in [7, 11) is 0. The van der Waals surface area contributed by atoms with Gasteiger partial charge in [0.15, 0.2) is 0 Å². The fourth-order valence-electron chi connectivity index (χ4n) is 3.60. The molecule has 1 aliphatic heterocycles. The Morgan fingerprint density at radius 3 is 2.67 bits per heavy atom. The summed E-state index contributed by atoms with van der Waals surface area (Å²) in [4.78, 5) is 12.6. The maximum Gasteiger partial charge on any atom is 0.326 e. The minimum atomic E-state index is -0.537. The Labute approximate surface area is 129 Å². The molecule has 0 spiro atoms. The number of hydrogen-bond donors (Lipinski definition) is 1. The van der Waals surface area contributed by atoms with Crippen LogP contribution in [0.5, 0.6) is 0 Å². The van der Waals surface area contributed by atoms with Gasteiger partial charge in [-0.2, -0.15) is 0 Å². The van der Waals surface area contributed by atoms with Crippen molar-refractivity contribution in [1.82, 2.24) is 5.32 Å². The molecule has 2 atom stereocenters. The summed E-state index contributed by atoms with van der Waals surface area (Å²) < 4.78 is 11.3. The smallest absolute Gasteiger partial charge is 0.326 e. The maximum atomic E-state index is 12.6. The average molecular weight is 297 g/mol. The lowest BCUT2D eigenvalue weighted by molar-refractivity contribution is -0.160. The number of rotatable bonds is 5. The van der Waals surface area contributed by atoms with E-state index in [0.29, 0.717) is 25.2 Å². The molecule has 0 aromatic heterocycles. The Bertz CT molecular complexity index is 339. The molecule has 21 heavy (non-hydrogen) atoms. The van der Waals surface area contributed by atoms with Crippen molar-refractivity contribution in [2.24, 2.45) is 5.92 Å². The number of esters is 1. The summed E-state index contributed by atoms with van der Waals surface area (Å²) in [6.45, 7) is 7.28. The van der Waals surface area contributed by atoms with Crippen LogP contribution in [0.3, 0.4) is 0 Å². The van der Waals surface area contributed by atoms with Crippen molar-refractivity contribution in [3.63, 3.8) is 0 Å². The second kappa shape index (κ2) is 7.59. The Hall–Kier alpha value is -0.610. The standard InChI is InChI=1S/C17H31NO3/c1-4-20-16(19)17(18-14-8-6-5-7-9-14)10-11-21-15(12-17)13(2)3/h13-15,18H,4-12H2,1-3H3. The SMILES string of the molecule is CCOC(=O)C1(NC2CCCCC2)CCOC(C(C)C)C1. The van der Waals surface area contributed by atoms with Crippen LogP contribution in [0.2, 0.25) is 0 Å². The number of carbonyl (C=O) groups is 1. The molecule has 1 aliphatic carbocycles. The minimum absolute atomic E-state index is 0.0791. The first-order valence-corrected chi connectivity index (χ1v) is 8.64. The predicted octanol–water partition coefficient (Wildman–Crippen LogP) is 3.05. The molecule has 1 heterocycles. The van der Waals surface area contributed by atoms with Crippen LogP contribution < -0.4 is 5.32 Å². The van der Waals surface area contributed by atoms with Crippen LogP contribution in [0.1, 0.15) is 65.7 Å². The second-order valence-corrected chi connectivity index (χ2v) is 6.89. The van der Waals surface area contributed by atoms with Crippen molar-refractivity contribution in [1.29, 1.82) is 0 Å². The summed E-state index contributed by atoms with van der Waals surface area (Å²) in [5.74, 6) is 0.344. The van der Waals surface area contributed by atoms with Gasteiger partial charge < -0.3 is 9.47 Å². The maximum absolute atomic E-state index is 12.6. The molecule has 2 unspecified atom stereocenters. The van der Waals surface area contributed by atoms with Crippen molar-refractivity contribution < 1.29 is 14.3 Å². The van der Waals surface area contributed by atoms with Gasteiger partial charge in [-0.1, -0.05) is 33.1 Å². The predicted molar refractivity (Wildman–Crippen MR) is 83.2 cm³/mol. The lowest BCUT2D eigenvalue weighted by atomic mass is 9.81. The van der Waals surface area contributed by atoms with Gasteiger partial charge in [0.25, 0.3) is 0 Å². The van der Waals surface area contributed by atoms with E-state index in [-0.39, 0.29) is 12.1 Å². The molecule has 1 N–H and O–H groups in total. The van der Waals surface area contributed by atoms with Gasteiger partial charge in [-0.05, 0) is 32.1 Å². The van der Waals surface area contributed by atoms with Crippen molar-refractivity contribution in [3.05, 3.63) is 0 Å². The third kappa shape index (κ3) is 4.19. The van der Waals surface area contributed by atoms with Gasteiger partial charge in [0.2, 0.25) is 0 Å². The van der Waals surface area contributed by atoms with Gasteiger partial charge in [-0.15, -0.1) is 0 Å². The van der Waals surface area contributed by atoms with E-state index in [1.807, 2.05) is 6.92 Å². The van der Waals surface area contributed by atoms with E-state index in [1.54, 1.807) is 0 Å². The van der Waals surface area contributed by atoms with Crippen LogP contribution in [0.15, 0.2) is 0 Å². The van der Waals surface area contributed by atoms with Gasteiger partial charge in [0.1, 0.15) is 5.54 Å². The van der Waals surface area contributed by atoms with E-state index in [4.69, 9.17) is 9.47 Å². The molecular formula is C17H31NO3. The normalized spacial score (nSPS) is 31.3. The fraction of sp³-hybridized carbons (Fsp3) is 0.941. The number of hydrogen-bond acceptors (Lipinski definition) is 4. The van der Waals surface area contributed by atoms with Gasteiger partial charge in [0.05, 0.1) is 12.7 Å². The summed E-state index contributed by atoms with van der Waals surface area (Å²) in [6.07, 6.45) is 7.80. The average Bonchev–Trinajstić information content (AvgIpc) is 2.48. The van der Waals surface area contributed by atoms with Crippen LogP contribution in [-0.4, -0.2) is 36.9 Å². The summed E-state index contributed by atoms with van der Waals surface area (Å²) in [5.41, 5.74) is -0.537. The zero-order valence-corrected chi connectivity index (χ0v) is 13.8. The number of ether oxygens (including phenoxy) is 2. The minimum Gasteiger partial charge on any atom is -0.465 e. The third-order valence-corrected chi connectivity index (χ3v) is 4.91. The molecule has 0 radical (unpaired) electrons. The quantitative estimate of drug-likeness (QED) is 0.792. The molecule has 4 nitrogen and oxygen atoms in total. The monoisotopic (exact) mass is 297 g/mol. The first-order chi connectivity index (χ1) is 10.1. The summed E-state index contributed by atoms with van der Waals surface area (Å²) in [6, 6.07) is 0.453. The van der Waals surface area contributed by atoms with E-state index in [1.165, 1.54) is 32.1 Å². The highest BCUT2D eigenvalue weighted by Gasteiger charge is 2.46. The first-order valence-electron chi connectivity index (χ1n) is 8.64. The number of nitrogens with one attached hydrogen (secondary N) is 1. The topological polar surface area (TPSA) is 47.6 Å². The van der Waals surface area contributed by atoms with Gasteiger partial charge in [-0.25, -0.2) is 0 Å². The zero-order valence-electron chi connectivity index (χ0n) is 13.8. The molecule has 0 amide bonds. The van der Waals surface area contributed by atoms with Gasteiger partial charge in [0, 0.05) is 19.1 Å². The molecule has 2 aliphatic rings. The third-order valence-electron chi connectivity index (χ3n) is 4.91. The molecule has 122 valence electrons. The Balaban J connectivity index is 2.11. The van der Waals surface area contributed by atoms with Crippen LogP contribution in [0.25, 0.3) is 0 Å². The zero-order chi connectivity index (χ0) is 15.3. The molecule has 0 aromatic carbocycles. The van der Waals surface area contributed by atoms with Crippen LogP contribution >= 0.6 is 0 Å². The molecule has 0 bridgehead atoms. The van der Waals surface area contributed by atoms with E-state index in [0.717, 1.165) is 12.8 Å². The Morgan fingerprint density at radius 2 is 2.05 bits per heavy atom. The highest BCUT2D eigenvalue weighted by atomic mass is 16.5. The lowest BCUT2D eigenvalue weighted by Gasteiger charge is -2.43. The highest BCUT2D eigenvalue weighted by Crippen LogP contribution is 2.32. The largest absolute Gasteiger partial charge is 0.465 e. The fourth-order valence-corrected chi connectivity index (χ4v) is 3.60. The lowest BCUT2D eigenvalue weighted by Crippen LogP contribution is -2.61. The molecule has 2 fully saturated rings. The Morgan fingerprint density at radius 1 is 1.33 bits per heavy atom. The van der Waals surface area contributed by atoms with Crippen molar-refractivity contribution >= 4 is 5.97 Å². The first kappa shape index (κ1) is 16.8. The van der Waals surface area contributed by atoms with Gasteiger partial charge >= 0.3 is 5.97 Å². The summed E-state index contributed by atoms with van der Waals surface area (Å²) in [5, 5.41) is 3.69. The van der Waals surface area contributed by atoms with E-state index < -0.39 is 5.54 Å². The molecular weight excluding hydrogens is 266 g/mol. The highest BCUT2D eigenvalue weighted by molar-refractivity contribution is 5.81. The van der Waals surface area contributed by atoms with Gasteiger partial charge in [-0.3, -0.25) is 10.1 Å². The van der Waals surface area contributed by atoms with Crippen LogP contribution in [0.4, 0.5) is 0 Å². The molecule has 0 aromatic rings. The molecule has 4 heteroatoms.